The summed E-state index contributed by atoms with van der Waals surface area (Å²) in [4.78, 5) is 0. The Morgan fingerprint density at radius 1 is 1.44 bits per heavy atom. The van der Waals surface area contributed by atoms with Crippen molar-refractivity contribution in [2.45, 2.75) is 13.0 Å². The second-order valence-electron chi connectivity index (χ2n) is 3.62. The van der Waals surface area contributed by atoms with Gasteiger partial charge in [-0.3, -0.25) is 10.2 Å². The van der Waals surface area contributed by atoms with Crippen LogP contribution < -0.4 is 5.09 Å². The fourth-order valence-corrected chi connectivity index (χ4v) is 2.03. The zero-order valence-electron chi connectivity index (χ0n) is 9.14. The third-order valence-electron chi connectivity index (χ3n) is 2.50. The van der Waals surface area contributed by atoms with Crippen LogP contribution in [0.15, 0.2) is 36.7 Å². The molecule has 0 saturated heterocycles. The summed E-state index contributed by atoms with van der Waals surface area (Å²) >= 11 is 0. The molecule has 1 heterocycles. The van der Waals surface area contributed by atoms with Gasteiger partial charge < -0.3 is 0 Å². The van der Waals surface area contributed by atoms with Gasteiger partial charge in [0.05, 0.1) is 6.20 Å². The Morgan fingerprint density at radius 2 is 2.31 bits per heavy atom. The molecule has 1 aromatic heterocycles. The average Bonchev–Trinajstić information content (AvgIpc) is 2.83. The van der Waals surface area contributed by atoms with E-state index in [1.807, 2.05) is 12.4 Å². The number of nitrogens with zero attached hydrogens (tertiary/aromatic N) is 1. The molecule has 0 amide bonds. The number of aromatic amines is 1. The Morgan fingerprint density at radius 3 is 3.00 bits per heavy atom. The Labute approximate surface area is 96.8 Å². The SMILES string of the molecule is C=PN[C@H](C)c1cccc(-c2cn[nH]c2)c1. The lowest BCUT2D eigenvalue weighted by atomic mass is 10.0. The summed E-state index contributed by atoms with van der Waals surface area (Å²) in [6, 6.07) is 8.75. The minimum atomic E-state index is 0.311. The second kappa shape index (κ2) is 5.06. The van der Waals surface area contributed by atoms with Gasteiger partial charge in [0, 0.05) is 17.8 Å². The Bertz CT molecular complexity index is 465. The number of hydrogen-bond acceptors (Lipinski definition) is 2. The van der Waals surface area contributed by atoms with E-state index < -0.39 is 0 Å². The number of benzene rings is 1. The molecule has 82 valence electrons. The van der Waals surface area contributed by atoms with Gasteiger partial charge in [-0.2, -0.15) is 5.10 Å². The fourth-order valence-electron chi connectivity index (χ4n) is 1.61. The average molecular weight is 231 g/mol. The van der Waals surface area contributed by atoms with Crippen molar-refractivity contribution in [1.82, 2.24) is 15.3 Å². The zero-order chi connectivity index (χ0) is 11.4. The third-order valence-corrected chi connectivity index (χ3v) is 3.07. The van der Waals surface area contributed by atoms with E-state index in [1.54, 1.807) is 0 Å². The van der Waals surface area contributed by atoms with E-state index in [0.717, 1.165) is 13.9 Å². The first-order chi connectivity index (χ1) is 7.81. The maximum Gasteiger partial charge on any atom is 0.0565 e. The number of H-pyrrole nitrogens is 1. The van der Waals surface area contributed by atoms with Gasteiger partial charge >= 0.3 is 0 Å². The van der Waals surface area contributed by atoms with E-state index in [9.17, 15) is 0 Å². The summed E-state index contributed by atoms with van der Waals surface area (Å²) in [5, 5.41) is 10.1. The largest absolute Gasteiger partial charge is 0.285 e. The van der Waals surface area contributed by atoms with Crippen LogP contribution in [0.5, 0.6) is 0 Å². The lowest BCUT2D eigenvalue weighted by Crippen LogP contribution is -2.06. The molecule has 2 N–H and O–H groups in total. The van der Waals surface area contributed by atoms with Gasteiger partial charge in [-0.1, -0.05) is 24.5 Å². The van der Waals surface area contributed by atoms with E-state index in [4.69, 9.17) is 0 Å². The summed E-state index contributed by atoms with van der Waals surface area (Å²) < 4.78 is 0. The summed E-state index contributed by atoms with van der Waals surface area (Å²) in [6.45, 7) is 2.13. The second-order valence-corrected chi connectivity index (χ2v) is 4.20. The lowest BCUT2D eigenvalue weighted by Gasteiger charge is -2.11. The smallest absolute Gasteiger partial charge is 0.0565 e. The Kier molecular flexibility index (Phi) is 3.50. The van der Waals surface area contributed by atoms with Gasteiger partial charge in [0.15, 0.2) is 0 Å². The minimum Gasteiger partial charge on any atom is -0.285 e. The zero-order valence-corrected chi connectivity index (χ0v) is 10.0. The van der Waals surface area contributed by atoms with Crippen molar-refractivity contribution in [2.75, 3.05) is 0 Å². The van der Waals surface area contributed by atoms with Crippen LogP contribution in [-0.4, -0.2) is 16.5 Å². The molecule has 2 aromatic rings. The van der Waals surface area contributed by atoms with E-state index in [-0.39, 0.29) is 0 Å². The summed E-state index contributed by atoms with van der Waals surface area (Å²) in [5.74, 6) is 0. The van der Waals surface area contributed by atoms with Crippen LogP contribution in [0.3, 0.4) is 0 Å². The molecule has 4 heteroatoms. The van der Waals surface area contributed by atoms with E-state index in [2.05, 4.69) is 52.8 Å². The quantitative estimate of drug-likeness (QED) is 0.794. The van der Waals surface area contributed by atoms with Crippen LogP contribution >= 0.6 is 8.35 Å². The van der Waals surface area contributed by atoms with Crippen molar-refractivity contribution in [3.05, 3.63) is 42.2 Å². The molecule has 0 aliphatic rings. The van der Waals surface area contributed by atoms with Crippen LogP contribution in [0, 0.1) is 0 Å². The molecule has 1 aromatic carbocycles. The van der Waals surface area contributed by atoms with Gasteiger partial charge in [-0.15, -0.1) is 0 Å². The van der Waals surface area contributed by atoms with Crippen LogP contribution in [0.2, 0.25) is 0 Å². The van der Waals surface area contributed by atoms with E-state index >= 15 is 0 Å². The highest BCUT2D eigenvalue weighted by atomic mass is 31.1. The summed E-state index contributed by atoms with van der Waals surface area (Å²) in [7, 11) is 0.952. The van der Waals surface area contributed by atoms with Crippen molar-refractivity contribution < 1.29 is 0 Å². The molecule has 0 unspecified atom stereocenters. The first kappa shape index (κ1) is 11.1. The molecular weight excluding hydrogens is 217 g/mol. The standard InChI is InChI=1S/C12H14N3P/c1-9(15-16-2)10-4-3-5-11(6-10)12-7-13-14-8-12/h3-9,15H,2H2,1H3,(H,13,14)/t9-/m1/s1. The molecule has 0 aliphatic carbocycles. The highest BCUT2D eigenvalue weighted by Crippen LogP contribution is 2.22. The predicted molar refractivity (Wildman–Crippen MR) is 69.6 cm³/mol. The molecule has 1 atom stereocenters. The highest BCUT2D eigenvalue weighted by molar-refractivity contribution is 7.34. The number of nitrogens with one attached hydrogen (secondary N) is 2. The number of aromatic nitrogens is 2. The monoisotopic (exact) mass is 231 g/mol. The number of hydrogen-bond donors (Lipinski definition) is 2. The van der Waals surface area contributed by atoms with Gasteiger partial charge in [0.2, 0.25) is 0 Å². The molecule has 0 radical (unpaired) electrons. The topological polar surface area (TPSA) is 40.7 Å². The molecule has 0 saturated carbocycles. The summed E-state index contributed by atoms with van der Waals surface area (Å²) in [5.41, 5.74) is 3.55. The lowest BCUT2D eigenvalue weighted by molar-refractivity contribution is 0.754. The predicted octanol–water partition coefficient (Wildman–Crippen LogP) is 3.02. The van der Waals surface area contributed by atoms with Gasteiger partial charge in [-0.05, 0) is 32.5 Å². The first-order valence-corrected chi connectivity index (χ1v) is 6.19. The van der Waals surface area contributed by atoms with Crippen molar-refractivity contribution in [1.29, 1.82) is 0 Å². The highest BCUT2D eigenvalue weighted by Gasteiger charge is 2.05. The molecule has 16 heavy (non-hydrogen) atoms. The number of rotatable bonds is 4. The minimum absolute atomic E-state index is 0.311. The van der Waals surface area contributed by atoms with Crippen LogP contribution in [0.1, 0.15) is 18.5 Å². The molecule has 3 nitrogen and oxygen atoms in total. The molecule has 0 aliphatic heterocycles. The Balaban J connectivity index is 2.29. The van der Waals surface area contributed by atoms with Gasteiger partial charge in [0.25, 0.3) is 0 Å². The fraction of sp³-hybridized carbons (Fsp3) is 0.167. The molecule has 2 rings (SSSR count). The summed E-state index contributed by atoms with van der Waals surface area (Å²) in [6.07, 6.45) is 7.50. The van der Waals surface area contributed by atoms with Crippen molar-refractivity contribution in [3.63, 3.8) is 0 Å². The maximum absolute atomic E-state index is 3.96. The van der Waals surface area contributed by atoms with Crippen molar-refractivity contribution in [2.24, 2.45) is 0 Å². The van der Waals surface area contributed by atoms with Crippen molar-refractivity contribution in [3.8, 4) is 11.1 Å². The molecular formula is C12H14N3P. The molecule has 0 spiro atoms. The van der Waals surface area contributed by atoms with Crippen LogP contribution in [0.25, 0.3) is 11.1 Å². The van der Waals surface area contributed by atoms with Crippen LogP contribution in [-0.2, 0) is 0 Å². The van der Waals surface area contributed by atoms with Crippen LogP contribution in [0.4, 0.5) is 0 Å². The first-order valence-electron chi connectivity index (χ1n) is 5.11. The van der Waals surface area contributed by atoms with E-state index in [1.165, 1.54) is 11.1 Å². The maximum atomic E-state index is 3.96. The molecule has 0 bridgehead atoms. The van der Waals surface area contributed by atoms with Gasteiger partial charge in [0.1, 0.15) is 0 Å². The Hall–Kier alpha value is -1.44. The third kappa shape index (κ3) is 2.38. The van der Waals surface area contributed by atoms with E-state index in [0.29, 0.717) is 6.04 Å². The molecule has 0 fully saturated rings. The van der Waals surface area contributed by atoms with Gasteiger partial charge in [-0.25, -0.2) is 0 Å². The van der Waals surface area contributed by atoms with Crippen molar-refractivity contribution >= 4 is 14.7 Å². The normalized spacial score (nSPS) is 12.8.